The molecule has 0 N–H and O–H groups in total. The first kappa shape index (κ1) is 45.4. The lowest BCUT2D eigenvalue weighted by molar-refractivity contribution is 0.915. The van der Waals surface area contributed by atoms with Crippen LogP contribution in [0, 0.1) is 0 Å². The van der Waals surface area contributed by atoms with Gasteiger partial charge in [-0.2, -0.15) is 0 Å². The molecule has 12 aromatic rings. The molecule has 1 aromatic heterocycles. The molecule has 1 unspecified atom stereocenters. The number of allylic oxidation sites excluding steroid dienone is 6. The second-order valence-electron chi connectivity index (χ2n) is 19.0. The van der Waals surface area contributed by atoms with E-state index in [9.17, 15) is 0 Å². The molecule has 0 radical (unpaired) electrons. The van der Waals surface area contributed by atoms with Crippen LogP contribution in [0.1, 0.15) is 55.9 Å². The van der Waals surface area contributed by atoms with Crippen molar-refractivity contribution in [2.45, 2.75) is 40.0 Å². The van der Waals surface area contributed by atoms with Crippen LogP contribution in [0.4, 0.5) is 0 Å². The van der Waals surface area contributed by atoms with Gasteiger partial charge < -0.3 is 4.57 Å². The van der Waals surface area contributed by atoms with E-state index in [-0.39, 0.29) is 5.92 Å². The lowest BCUT2D eigenvalue weighted by atomic mass is 9.80. The topological polar surface area (TPSA) is 4.93 Å². The second kappa shape index (κ2) is 19.4. The zero-order valence-corrected chi connectivity index (χ0v) is 42.0. The number of hydrogen-bond acceptors (Lipinski definition) is 0. The van der Waals surface area contributed by atoms with Crippen LogP contribution in [0.5, 0.6) is 0 Å². The molecule has 0 fully saturated rings. The van der Waals surface area contributed by atoms with Crippen molar-refractivity contribution in [2.75, 3.05) is 0 Å². The van der Waals surface area contributed by atoms with Gasteiger partial charge >= 0.3 is 0 Å². The molecule has 11 aromatic carbocycles. The molecule has 1 aliphatic rings. The van der Waals surface area contributed by atoms with Crippen LogP contribution in [0.2, 0.25) is 0 Å². The summed E-state index contributed by atoms with van der Waals surface area (Å²) in [6.07, 6.45) is 11.9. The van der Waals surface area contributed by atoms with Crippen molar-refractivity contribution in [2.24, 2.45) is 0 Å². The first-order chi connectivity index (χ1) is 36.1. The Morgan fingerprint density at radius 3 is 1.75 bits per heavy atom. The molecule has 0 amide bonds. The van der Waals surface area contributed by atoms with Gasteiger partial charge in [0.15, 0.2) is 0 Å². The minimum Gasteiger partial charge on any atom is -0.309 e. The highest BCUT2D eigenvalue weighted by Crippen LogP contribution is 2.47. The quantitative estimate of drug-likeness (QED) is 0.116. The van der Waals surface area contributed by atoms with Gasteiger partial charge in [-0.05, 0) is 148 Å². The minimum atomic E-state index is 0.0785. The van der Waals surface area contributed by atoms with E-state index in [0.717, 1.165) is 12.1 Å². The van der Waals surface area contributed by atoms with Gasteiger partial charge in [0.1, 0.15) is 0 Å². The SMILES string of the molecule is CC.C\C=C/C=C\C1=C\Cc2cc(-c3c4ccccc4c(-c4ccccc4)c4ccccc34)ccc2-c2ccc(-n3c4ccccc4c4cc(-c5cccc6ccccc56)ccc43)cc2C(C)c2ccccc21. The van der Waals surface area contributed by atoms with Crippen LogP contribution in [-0.4, -0.2) is 4.57 Å². The monoisotopic (exact) mass is 935 g/mol. The van der Waals surface area contributed by atoms with Gasteiger partial charge in [-0.3, -0.25) is 0 Å². The Labute approximate surface area is 429 Å². The van der Waals surface area contributed by atoms with E-state index in [1.807, 2.05) is 13.8 Å². The summed E-state index contributed by atoms with van der Waals surface area (Å²) < 4.78 is 2.49. The molecule has 0 aliphatic heterocycles. The van der Waals surface area contributed by atoms with E-state index in [4.69, 9.17) is 0 Å². The third-order valence-corrected chi connectivity index (χ3v) is 15.1. The lowest BCUT2D eigenvalue weighted by Gasteiger charge is -2.25. The number of nitrogens with zero attached hydrogens (tertiary/aromatic N) is 1. The van der Waals surface area contributed by atoms with Gasteiger partial charge in [0.2, 0.25) is 0 Å². The average Bonchev–Trinajstić information content (AvgIpc) is 3.79. The summed E-state index contributed by atoms with van der Waals surface area (Å²) in [6.45, 7) is 8.48. The van der Waals surface area contributed by atoms with Gasteiger partial charge in [0.25, 0.3) is 0 Å². The maximum Gasteiger partial charge on any atom is 0.0541 e. The minimum absolute atomic E-state index is 0.0785. The molecule has 73 heavy (non-hydrogen) atoms. The molecule has 0 saturated carbocycles. The summed E-state index contributed by atoms with van der Waals surface area (Å²) in [5.74, 6) is 0.0785. The molecular formula is C72H57N. The fourth-order valence-corrected chi connectivity index (χ4v) is 11.8. The Balaban J connectivity index is 0.00000268. The van der Waals surface area contributed by atoms with E-state index < -0.39 is 0 Å². The smallest absolute Gasteiger partial charge is 0.0541 e. The van der Waals surface area contributed by atoms with Crippen molar-refractivity contribution in [3.8, 4) is 50.2 Å². The largest absolute Gasteiger partial charge is 0.309 e. The van der Waals surface area contributed by atoms with Gasteiger partial charge in [-0.25, -0.2) is 0 Å². The average molecular weight is 936 g/mol. The van der Waals surface area contributed by atoms with Crippen molar-refractivity contribution in [1.29, 1.82) is 0 Å². The fraction of sp³-hybridized carbons (Fsp3) is 0.0833. The zero-order chi connectivity index (χ0) is 49.4. The highest BCUT2D eigenvalue weighted by molar-refractivity contribution is 6.21. The summed E-state index contributed by atoms with van der Waals surface area (Å²) >= 11 is 0. The Morgan fingerprint density at radius 2 is 1.00 bits per heavy atom. The predicted octanol–water partition coefficient (Wildman–Crippen LogP) is 20.2. The Hall–Kier alpha value is -8.78. The summed E-state index contributed by atoms with van der Waals surface area (Å²) in [7, 11) is 0. The Morgan fingerprint density at radius 1 is 0.411 bits per heavy atom. The first-order valence-corrected chi connectivity index (χ1v) is 26.0. The van der Waals surface area contributed by atoms with E-state index >= 15 is 0 Å². The molecule has 13 rings (SSSR count). The van der Waals surface area contributed by atoms with E-state index in [1.165, 1.54) is 126 Å². The molecule has 0 saturated heterocycles. The number of hydrogen-bond donors (Lipinski definition) is 0. The summed E-state index contributed by atoms with van der Waals surface area (Å²) in [5.41, 5.74) is 20.0. The standard InChI is InChI=1S/C70H51N.C2H6/c1-3-4-6-20-48-35-36-50-43-52(70-63-31-15-13-29-61(63)69(49-22-7-5-8-23-49)62-30-14-16-32-64(62)70)37-40-58(50)59-41-39-53(45-65(59)46(2)54-25-11-12-26-55(48)54)71-67-34-18-17-28-60(67)66-44-51(38-42-68(66)71)57-33-19-24-47-21-9-10-27-56(47)57;1-2/h3-35,37-46H,36H2,1-2H3;1-2H3/b4-3-,20-6-,48-35-;. The van der Waals surface area contributed by atoms with Crippen LogP contribution in [0.15, 0.2) is 255 Å². The van der Waals surface area contributed by atoms with Gasteiger partial charge in [0, 0.05) is 22.4 Å². The van der Waals surface area contributed by atoms with E-state index in [2.05, 4.69) is 273 Å². The van der Waals surface area contributed by atoms with Crippen molar-refractivity contribution in [1.82, 2.24) is 4.57 Å². The molecule has 1 nitrogen and oxygen atoms in total. The maximum absolute atomic E-state index is 2.49. The highest BCUT2D eigenvalue weighted by atomic mass is 15.0. The number of benzene rings is 11. The number of fused-ring (bicyclic) bond motifs is 10. The number of para-hydroxylation sites is 1. The van der Waals surface area contributed by atoms with Crippen molar-refractivity contribution >= 4 is 59.7 Å². The molecule has 1 heterocycles. The zero-order valence-electron chi connectivity index (χ0n) is 42.0. The van der Waals surface area contributed by atoms with Crippen LogP contribution in [-0.2, 0) is 6.42 Å². The number of aromatic nitrogens is 1. The number of rotatable bonds is 6. The third kappa shape index (κ3) is 7.90. The molecule has 0 bridgehead atoms. The maximum atomic E-state index is 2.49. The highest BCUT2D eigenvalue weighted by Gasteiger charge is 2.24. The van der Waals surface area contributed by atoms with Gasteiger partial charge in [0.05, 0.1) is 11.0 Å². The van der Waals surface area contributed by atoms with E-state index in [0.29, 0.717) is 0 Å². The van der Waals surface area contributed by atoms with Crippen LogP contribution >= 0.6 is 0 Å². The molecular weight excluding hydrogens is 879 g/mol. The van der Waals surface area contributed by atoms with Crippen LogP contribution < -0.4 is 0 Å². The molecule has 350 valence electrons. The van der Waals surface area contributed by atoms with Crippen molar-refractivity contribution in [3.05, 3.63) is 277 Å². The molecule has 1 heteroatoms. The first-order valence-electron chi connectivity index (χ1n) is 26.0. The lowest BCUT2D eigenvalue weighted by Crippen LogP contribution is -2.07. The summed E-state index contributed by atoms with van der Waals surface area (Å²) in [4.78, 5) is 0. The predicted molar refractivity (Wildman–Crippen MR) is 316 cm³/mol. The van der Waals surface area contributed by atoms with Gasteiger partial charge in [-0.15, -0.1) is 0 Å². The molecule has 0 spiro atoms. The summed E-state index contributed by atoms with van der Waals surface area (Å²) in [5, 5.41) is 10.1. The molecule has 1 atom stereocenters. The van der Waals surface area contributed by atoms with Gasteiger partial charge in [-0.1, -0.05) is 245 Å². The van der Waals surface area contributed by atoms with Crippen LogP contribution in [0.3, 0.4) is 0 Å². The fourth-order valence-electron chi connectivity index (χ4n) is 11.8. The third-order valence-electron chi connectivity index (χ3n) is 15.1. The van der Waals surface area contributed by atoms with Crippen molar-refractivity contribution < 1.29 is 0 Å². The Bertz CT molecular complexity index is 4090. The van der Waals surface area contributed by atoms with E-state index in [1.54, 1.807) is 0 Å². The summed E-state index contributed by atoms with van der Waals surface area (Å²) in [6, 6.07) is 83.7. The second-order valence-corrected chi connectivity index (χ2v) is 19.0. The Kier molecular flexibility index (Phi) is 12.1. The molecule has 1 aliphatic carbocycles. The van der Waals surface area contributed by atoms with Crippen molar-refractivity contribution in [3.63, 3.8) is 0 Å². The normalized spacial score (nSPS) is 14.2. The van der Waals surface area contributed by atoms with Crippen LogP contribution in [0.25, 0.3) is 110 Å².